The van der Waals surface area contributed by atoms with Crippen LogP contribution in [0.3, 0.4) is 0 Å². The van der Waals surface area contributed by atoms with Crippen molar-refractivity contribution in [2.45, 2.75) is 64.3 Å². The van der Waals surface area contributed by atoms with Crippen LogP contribution in [0.2, 0.25) is 0 Å². The molecular weight excluding hydrogens is 190 g/mol. The lowest BCUT2D eigenvalue weighted by atomic mass is 10.1. The molecule has 0 N–H and O–H groups in total. The van der Waals surface area contributed by atoms with Crippen LogP contribution in [-0.2, 0) is 0 Å². The second-order valence-corrected chi connectivity index (χ2v) is 5.31. The van der Waals surface area contributed by atoms with Gasteiger partial charge in [-0.15, -0.1) is 0 Å². The maximum absolute atomic E-state index is 4.28. The molecule has 1 atom stereocenters. The van der Waals surface area contributed by atoms with E-state index in [0.29, 0.717) is 17.3 Å². The first kappa shape index (κ1) is 14.3. The summed E-state index contributed by atoms with van der Waals surface area (Å²) in [6.45, 7) is 14.1. The van der Waals surface area contributed by atoms with Crippen LogP contribution in [0.1, 0.15) is 47.0 Å². The van der Waals surface area contributed by atoms with Gasteiger partial charge in [-0.2, -0.15) is 12.6 Å². The lowest BCUT2D eigenvalue weighted by molar-refractivity contribution is 0.171. The minimum absolute atomic E-state index is 0.307. The number of thiol groups is 1. The van der Waals surface area contributed by atoms with Gasteiger partial charge in [0.15, 0.2) is 0 Å². The SMILES string of the molecule is [CH2]C(S)CCCCN(C(C)C)C(C)C. The monoisotopic (exact) mass is 216 g/mol. The van der Waals surface area contributed by atoms with Crippen LogP contribution in [0.25, 0.3) is 0 Å². The van der Waals surface area contributed by atoms with Crippen molar-refractivity contribution in [2.24, 2.45) is 0 Å². The molecule has 0 amide bonds. The van der Waals surface area contributed by atoms with Gasteiger partial charge in [-0.3, -0.25) is 4.90 Å². The summed E-state index contributed by atoms with van der Waals surface area (Å²) in [5.41, 5.74) is 0. The van der Waals surface area contributed by atoms with E-state index in [0.717, 1.165) is 6.42 Å². The summed E-state index contributed by atoms with van der Waals surface area (Å²) < 4.78 is 0. The zero-order valence-electron chi connectivity index (χ0n) is 10.2. The quantitative estimate of drug-likeness (QED) is 0.504. The molecule has 0 saturated heterocycles. The largest absolute Gasteiger partial charge is 0.299 e. The van der Waals surface area contributed by atoms with E-state index < -0.39 is 0 Å². The molecule has 0 saturated carbocycles. The highest BCUT2D eigenvalue weighted by Crippen LogP contribution is 2.10. The van der Waals surface area contributed by atoms with E-state index in [1.165, 1.54) is 19.4 Å². The number of hydrogen-bond acceptors (Lipinski definition) is 2. The Labute approximate surface area is 95.7 Å². The topological polar surface area (TPSA) is 3.24 Å². The number of rotatable bonds is 7. The van der Waals surface area contributed by atoms with Crippen molar-refractivity contribution in [2.75, 3.05) is 6.54 Å². The van der Waals surface area contributed by atoms with E-state index in [9.17, 15) is 0 Å². The minimum atomic E-state index is 0.307. The summed E-state index contributed by atoms with van der Waals surface area (Å²) in [4.78, 5) is 2.54. The predicted molar refractivity (Wildman–Crippen MR) is 69.0 cm³/mol. The van der Waals surface area contributed by atoms with Gasteiger partial charge < -0.3 is 0 Å². The highest BCUT2D eigenvalue weighted by atomic mass is 32.1. The predicted octanol–water partition coefficient (Wildman–Crippen LogP) is 3.41. The van der Waals surface area contributed by atoms with E-state index >= 15 is 0 Å². The first-order valence-corrected chi connectivity index (χ1v) is 6.23. The molecule has 1 nitrogen and oxygen atoms in total. The van der Waals surface area contributed by atoms with Crippen LogP contribution >= 0.6 is 12.6 Å². The Kier molecular flexibility index (Phi) is 7.75. The summed E-state index contributed by atoms with van der Waals surface area (Å²) in [5, 5.41) is 0.307. The molecule has 14 heavy (non-hydrogen) atoms. The third-order valence-electron chi connectivity index (χ3n) is 2.53. The summed E-state index contributed by atoms with van der Waals surface area (Å²) in [6, 6.07) is 1.31. The fourth-order valence-corrected chi connectivity index (χ4v) is 1.97. The molecule has 2 heteroatoms. The molecule has 0 bridgehead atoms. The van der Waals surface area contributed by atoms with Gasteiger partial charge in [0.1, 0.15) is 0 Å². The highest BCUT2D eigenvalue weighted by molar-refractivity contribution is 7.81. The molecule has 1 unspecified atom stereocenters. The first-order chi connectivity index (χ1) is 6.45. The zero-order valence-corrected chi connectivity index (χ0v) is 11.1. The van der Waals surface area contributed by atoms with Crippen LogP contribution in [0.5, 0.6) is 0 Å². The highest BCUT2D eigenvalue weighted by Gasteiger charge is 2.12. The standard InChI is InChI=1S/C12H26NS/c1-10(2)13(11(3)4)9-7-6-8-12(5)14/h10-12,14H,5-9H2,1-4H3. The van der Waals surface area contributed by atoms with Crippen LogP contribution in [0.4, 0.5) is 0 Å². The first-order valence-electron chi connectivity index (χ1n) is 5.72. The molecule has 0 spiro atoms. The molecule has 0 heterocycles. The molecule has 0 aliphatic rings. The maximum atomic E-state index is 4.28. The third kappa shape index (κ3) is 6.72. The van der Waals surface area contributed by atoms with E-state index in [4.69, 9.17) is 0 Å². The van der Waals surface area contributed by atoms with E-state index in [1.54, 1.807) is 0 Å². The van der Waals surface area contributed by atoms with Gasteiger partial charge in [-0.05, 0) is 54.0 Å². The van der Waals surface area contributed by atoms with Gasteiger partial charge in [0.05, 0.1) is 0 Å². The van der Waals surface area contributed by atoms with Gasteiger partial charge >= 0.3 is 0 Å². The maximum Gasteiger partial charge on any atom is 0.00412 e. The number of unbranched alkanes of at least 4 members (excludes halogenated alkanes) is 1. The smallest absolute Gasteiger partial charge is 0.00412 e. The molecule has 0 aliphatic heterocycles. The van der Waals surface area contributed by atoms with Crippen LogP contribution in [0, 0.1) is 6.92 Å². The van der Waals surface area contributed by atoms with Gasteiger partial charge in [0.25, 0.3) is 0 Å². The van der Waals surface area contributed by atoms with Crippen molar-refractivity contribution in [1.29, 1.82) is 0 Å². The molecule has 85 valence electrons. The van der Waals surface area contributed by atoms with Crippen LogP contribution in [-0.4, -0.2) is 28.8 Å². The Morgan fingerprint density at radius 2 is 1.57 bits per heavy atom. The van der Waals surface area contributed by atoms with Crippen molar-refractivity contribution in [3.8, 4) is 0 Å². The molecule has 0 aliphatic carbocycles. The Balaban J connectivity index is 3.62. The van der Waals surface area contributed by atoms with Gasteiger partial charge in [-0.1, -0.05) is 6.42 Å². The molecule has 0 rings (SSSR count). The van der Waals surface area contributed by atoms with Gasteiger partial charge in [0, 0.05) is 17.3 Å². The second-order valence-electron chi connectivity index (χ2n) is 4.57. The summed E-state index contributed by atoms with van der Waals surface area (Å²) in [6.07, 6.45) is 3.64. The number of nitrogens with zero attached hydrogens (tertiary/aromatic N) is 1. The molecular formula is C12H26NS. The van der Waals surface area contributed by atoms with Crippen molar-refractivity contribution in [3.05, 3.63) is 6.92 Å². The van der Waals surface area contributed by atoms with Crippen LogP contribution in [0.15, 0.2) is 0 Å². The van der Waals surface area contributed by atoms with Crippen LogP contribution < -0.4 is 0 Å². The fraction of sp³-hybridized carbons (Fsp3) is 0.917. The zero-order chi connectivity index (χ0) is 11.1. The van der Waals surface area contributed by atoms with Crippen molar-refractivity contribution < 1.29 is 0 Å². The second kappa shape index (κ2) is 7.58. The van der Waals surface area contributed by atoms with Gasteiger partial charge in [0.2, 0.25) is 0 Å². The molecule has 0 fully saturated rings. The van der Waals surface area contributed by atoms with Crippen molar-refractivity contribution in [1.82, 2.24) is 4.90 Å². The van der Waals surface area contributed by atoms with Gasteiger partial charge in [-0.25, -0.2) is 0 Å². The Morgan fingerprint density at radius 1 is 1.07 bits per heavy atom. The Hall–Kier alpha value is 0.310. The average molecular weight is 216 g/mol. The minimum Gasteiger partial charge on any atom is -0.299 e. The molecule has 0 aromatic heterocycles. The Bertz CT molecular complexity index is 124. The van der Waals surface area contributed by atoms with Crippen molar-refractivity contribution >= 4 is 12.6 Å². The van der Waals surface area contributed by atoms with E-state index in [1.807, 2.05) is 0 Å². The molecule has 0 aromatic carbocycles. The third-order valence-corrected chi connectivity index (χ3v) is 2.79. The summed E-state index contributed by atoms with van der Waals surface area (Å²) in [5.74, 6) is 0. The summed E-state index contributed by atoms with van der Waals surface area (Å²) >= 11 is 4.28. The van der Waals surface area contributed by atoms with E-state index in [-0.39, 0.29) is 0 Å². The lowest BCUT2D eigenvalue weighted by Crippen LogP contribution is -2.37. The molecule has 0 aromatic rings. The molecule has 1 radical (unpaired) electrons. The fourth-order valence-electron chi connectivity index (χ4n) is 1.79. The van der Waals surface area contributed by atoms with Crippen molar-refractivity contribution in [3.63, 3.8) is 0 Å². The average Bonchev–Trinajstić information content (AvgIpc) is 2.01. The Morgan fingerprint density at radius 3 is 1.93 bits per heavy atom. The lowest BCUT2D eigenvalue weighted by Gasteiger charge is -2.30. The normalized spacial score (nSPS) is 14.4. The van der Waals surface area contributed by atoms with E-state index in [2.05, 4.69) is 52.1 Å². The summed E-state index contributed by atoms with van der Waals surface area (Å²) in [7, 11) is 0. The number of hydrogen-bond donors (Lipinski definition) is 1.